The van der Waals surface area contributed by atoms with Gasteiger partial charge in [-0.25, -0.2) is 0 Å². The first-order valence-electron chi connectivity index (χ1n) is 6.94. The third kappa shape index (κ3) is 6.51. The van der Waals surface area contributed by atoms with E-state index in [1.54, 1.807) is 7.11 Å². The average molecular weight is 284 g/mol. The van der Waals surface area contributed by atoms with Gasteiger partial charge in [-0.05, 0) is 20.3 Å². The number of ether oxygens (including phenoxy) is 3. The molecule has 0 atom stereocenters. The molecule has 0 unspecified atom stereocenters. The van der Waals surface area contributed by atoms with E-state index < -0.39 is 0 Å². The van der Waals surface area contributed by atoms with Crippen molar-refractivity contribution in [2.24, 2.45) is 0 Å². The van der Waals surface area contributed by atoms with Gasteiger partial charge in [-0.2, -0.15) is 9.97 Å². The predicted molar refractivity (Wildman–Crippen MR) is 76.4 cm³/mol. The first-order valence-corrected chi connectivity index (χ1v) is 6.94. The molecule has 0 fully saturated rings. The zero-order valence-electron chi connectivity index (χ0n) is 12.7. The normalized spacial score (nSPS) is 10.7. The summed E-state index contributed by atoms with van der Waals surface area (Å²) < 4.78 is 15.9. The van der Waals surface area contributed by atoms with E-state index in [-0.39, 0.29) is 18.1 Å². The van der Waals surface area contributed by atoms with Crippen LogP contribution in [0.15, 0.2) is 0 Å². The number of aromatic nitrogens is 3. The lowest BCUT2D eigenvalue weighted by molar-refractivity contribution is 0.166. The molecular weight excluding hydrogens is 260 g/mol. The SMILES string of the molecule is CCCNc1nc(OCCCOC)nc(OC(C)C)n1. The summed E-state index contributed by atoms with van der Waals surface area (Å²) in [7, 11) is 1.66. The summed E-state index contributed by atoms with van der Waals surface area (Å²) in [5, 5.41) is 3.10. The van der Waals surface area contributed by atoms with Crippen LogP contribution in [0.2, 0.25) is 0 Å². The van der Waals surface area contributed by atoms with Crippen LogP contribution in [0.25, 0.3) is 0 Å². The number of methoxy groups -OCH3 is 1. The highest BCUT2D eigenvalue weighted by molar-refractivity contribution is 5.27. The van der Waals surface area contributed by atoms with Crippen molar-refractivity contribution in [3.8, 4) is 12.0 Å². The maximum absolute atomic E-state index is 5.50. The third-order valence-electron chi connectivity index (χ3n) is 2.19. The summed E-state index contributed by atoms with van der Waals surface area (Å²) in [4.78, 5) is 12.5. The molecule has 114 valence electrons. The minimum Gasteiger partial charge on any atom is -0.463 e. The first kappa shape index (κ1) is 16.4. The molecule has 7 heteroatoms. The number of nitrogens with one attached hydrogen (secondary N) is 1. The second kappa shape index (κ2) is 9.30. The van der Waals surface area contributed by atoms with E-state index in [1.165, 1.54) is 0 Å². The van der Waals surface area contributed by atoms with E-state index in [4.69, 9.17) is 14.2 Å². The molecule has 0 aliphatic carbocycles. The Morgan fingerprint density at radius 1 is 1.10 bits per heavy atom. The van der Waals surface area contributed by atoms with E-state index in [1.807, 2.05) is 13.8 Å². The zero-order valence-corrected chi connectivity index (χ0v) is 12.7. The highest BCUT2D eigenvalue weighted by atomic mass is 16.5. The van der Waals surface area contributed by atoms with Gasteiger partial charge in [0.15, 0.2) is 0 Å². The lowest BCUT2D eigenvalue weighted by Gasteiger charge is -2.11. The number of nitrogens with zero attached hydrogens (tertiary/aromatic N) is 3. The molecule has 1 aromatic heterocycles. The second-order valence-corrected chi connectivity index (χ2v) is 4.51. The van der Waals surface area contributed by atoms with Gasteiger partial charge in [-0.1, -0.05) is 6.92 Å². The monoisotopic (exact) mass is 284 g/mol. The molecule has 0 radical (unpaired) electrons. The molecule has 0 saturated carbocycles. The van der Waals surface area contributed by atoms with Crippen molar-refractivity contribution in [1.82, 2.24) is 15.0 Å². The van der Waals surface area contributed by atoms with Crippen molar-refractivity contribution in [2.75, 3.05) is 32.2 Å². The van der Waals surface area contributed by atoms with Crippen LogP contribution in [0, 0.1) is 0 Å². The van der Waals surface area contributed by atoms with Crippen LogP contribution in [-0.2, 0) is 4.74 Å². The summed E-state index contributed by atoms with van der Waals surface area (Å²) >= 11 is 0. The Morgan fingerprint density at radius 2 is 1.85 bits per heavy atom. The molecular formula is C13H24N4O3. The van der Waals surface area contributed by atoms with Gasteiger partial charge >= 0.3 is 12.0 Å². The number of anilines is 1. The standard InChI is InChI=1S/C13H24N4O3/c1-5-7-14-11-15-12(19-9-6-8-18-4)17-13(16-11)20-10(2)3/h10H,5-9H2,1-4H3,(H,14,15,16,17). The molecule has 1 rings (SSSR count). The summed E-state index contributed by atoms with van der Waals surface area (Å²) in [6, 6.07) is 0.542. The molecule has 1 aromatic rings. The van der Waals surface area contributed by atoms with E-state index in [0.717, 1.165) is 19.4 Å². The van der Waals surface area contributed by atoms with Crippen molar-refractivity contribution >= 4 is 5.95 Å². The minimum absolute atomic E-state index is 0.00207. The molecule has 0 aliphatic rings. The molecule has 20 heavy (non-hydrogen) atoms. The predicted octanol–water partition coefficient (Wildman–Crippen LogP) is 1.90. The van der Waals surface area contributed by atoms with Crippen molar-refractivity contribution in [2.45, 2.75) is 39.7 Å². The second-order valence-electron chi connectivity index (χ2n) is 4.51. The summed E-state index contributed by atoms with van der Waals surface area (Å²) in [6.07, 6.45) is 1.76. The van der Waals surface area contributed by atoms with E-state index >= 15 is 0 Å². The van der Waals surface area contributed by atoms with Crippen LogP contribution in [-0.4, -0.2) is 47.9 Å². The van der Waals surface area contributed by atoms with Gasteiger partial charge in [0.2, 0.25) is 5.95 Å². The Hall–Kier alpha value is -1.63. The molecule has 0 spiro atoms. The molecule has 0 bridgehead atoms. The van der Waals surface area contributed by atoms with Gasteiger partial charge in [0, 0.05) is 26.7 Å². The molecule has 0 aromatic carbocycles. The molecule has 0 aliphatic heterocycles. The van der Waals surface area contributed by atoms with Gasteiger partial charge in [-0.3, -0.25) is 0 Å². The highest BCUT2D eigenvalue weighted by Gasteiger charge is 2.09. The van der Waals surface area contributed by atoms with E-state index in [0.29, 0.717) is 19.2 Å². The zero-order chi connectivity index (χ0) is 14.8. The Balaban J connectivity index is 2.69. The fourth-order valence-corrected chi connectivity index (χ4v) is 1.35. The highest BCUT2D eigenvalue weighted by Crippen LogP contribution is 2.14. The lowest BCUT2D eigenvalue weighted by Crippen LogP contribution is -2.13. The van der Waals surface area contributed by atoms with Crippen molar-refractivity contribution in [1.29, 1.82) is 0 Å². The number of hydrogen-bond acceptors (Lipinski definition) is 7. The maximum Gasteiger partial charge on any atom is 0.324 e. The summed E-state index contributed by atoms with van der Waals surface area (Å²) in [5.74, 6) is 0.472. The smallest absolute Gasteiger partial charge is 0.324 e. The molecule has 1 heterocycles. The van der Waals surface area contributed by atoms with Crippen LogP contribution in [0.1, 0.15) is 33.6 Å². The first-order chi connectivity index (χ1) is 9.65. The molecule has 7 nitrogen and oxygen atoms in total. The van der Waals surface area contributed by atoms with Crippen molar-refractivity contribution in [3.63, 3.8) is 0 Å². The minimum atomic E-state index is -0.00207. The fourth-order valence-electron chi connectivity index (χ4n) is 1.35. The van der Waals surface area contributed by atoms with Gasteiger partial charge < -0.3 is 19.5 Å². The van der Waals surface area contributed by atoms with Crippen LogP contribution >= 0.6 is 0 Å². The fraction of sp³-hybridized carbons (Fsp3) is 0.769. The summed E-state index contributed by atoms with van der Waals surface area (Å²) in [6.45, 7) is 7.83. The van der Waals surface area contributed by atoms with Gasteiger partial charge in [-0.15, -0.1) is 4.98 Å². The number of hydrogen-bond donors (Lipinski definition) is 1. The third-order valence-corrected chi connectivity index (χ3v) is 2.19. The Morgan fingerprint density at radius 3 is 2.50 bits per heavy atom. The van der Waals surface area contributed by atoms with Crippen LogP contribution in [0.4, 0.5) is 5.95 Å². The van der Waals surface area contributed by atoms with Gasteiger partial charge in [0.05, 0.1) is 12.7 Å². The lowest BCUT2D eigenvalue weighted by atomic mass is 10.5. The van der Waals surface area contributed by atoms with Crippen molar-refractivity contribution < 1.29 is 14.2 Å². The van der Waals surface area contributed by atoms with E-state index in [9.17, 15) is 0 Å². The van der Waals surface area contributed by atoms with Gasteiger partial charge in [0.1, 0.15) is 0 Å². The average Bonchev–Trinajstić information content (AvgIpc) is 2.40. The number of rotatable bonds is 10. The Bertz CT molecular complexity index is 388. The van der Waals surface area contributed by atoms with E-state index in [2.05, 4.69) is 27.2 Å². The topological polar surface area (TPSA) is 78.4 Å². The van der Waals surface area contributed by atoms with Crippen LogP contribution in [0.3, 0.4) is 0 Å². The Labute approximate surface area is 120 Å². The quantitative estimate of drug-likeness (QED) is 0.657. The molecule has 1 N–H and O–H groups in total. The van der Waals surface area contributed by atoms with Crippen LogP contribution < -0.4 is 14.8 Å². The van der Waals surface area contributed by atoms with Gasteiger partial charge in [0.25, 0.3) is 0 Å². The molecule has 0 saturated heterocycles. The summed E-state index contributed by atoms with van der Waals surface area (Å²) in [5.41, 5.74) is 0. The van der Waals surface area contributed by atoms with Crippen molar-refractivity contribution in [3.05, 3.63) is 0 Å². The van der Waals surface area contributed by atoms with Crippen LogP contribution in [0.5, 0.6) is 12.0 Å². The largest absolute Gasteiger partial charge is 0.463 e. The molecule has 0 amide bonds. The maximum atomic E-state index is 5.50. The Kier molecular flexibility index (Phi) is 7.64.